The van der Waals surface area contributed by atoms with Gasteiger partial charge in [-0.1, -0.05) is 36.4 Å². The fourth-order valence-corrected chi connectivity index (χ4v) is 2.93. The molecule has 0 atom stereocenters. The number of carbonyl (C=O) groups excluding carboxylic acids is 1. The summed E-state index contributed by atoms with van der Waals surface area (Å²) in [5.74, 6) is -0.129. The number of nitrogens with zero attached hydrogens (tertiary/aromatic N) is 2. The molecule has 0 aliphatic carbocycles. The van der Waals surface area contributed by atoms with Gasteiger partial charge in [-0.3, -0.25) is 9.48 Å². The second kappa shape index (κ2) is 7.97. The van der Waals surface area contributed by atoms with Crippen molar-refractivity contribution in [3.05, 3.63) is 88.2 Å². The molecule has 5 nitrogen and oxygen atoms in total. The highest BCUT2D eigenvalue weighted by molar-refractivity contribution is 5.94. The quantitative estimate of drug-likeness (QED) is 0.719. The van der Waals surface area contributed by atoms with E-state index in [2.05, 4.69) is 10.4 Å². The fourth-order valence-electron chi connectivity index (χ4n) is 2.93. The topological polar surface area (TPSA) is 67.2 Å². The summed E-state index contributed by atoms with van der Waals surface area (Å²) in [7, 11) is 0. The molecule has 0 unspecified atom stereocenters. The third-order valence-corrected chi connectivity index (χ3v) is 4.38. The van der Waals surface area contributed by atoms with Gasteiger partial charge >= 0.3 is 0 Å². The van der Waals surface area contributed by atoms with E-state index in [0.29, 0.717) is 18.7 Å². The van der Waals surface area contributed by atoms with Crippen LogP contribution < -0.4 is 5.32 Å². The van der Waals surface area contributed by atoms with Crippen molar-refractivity contribution in [1.29, 1.82) is 0 Å². The fraction of sp³-hybridized carbons (Fsp3) is 0.238. The number of hydrogen-bond donors (Lipinski definition) is 2. The summed E-state index contributed by atoms with van der Waals surface area (Å²) in [4.78, 5) is 12.4. The van der Waals surface area contributed by atoms with Crippen LogP contribution in [0.3, 0.4) is 0 Å². The Bertz CT molecular complexity index is 898. The second-order valence-corrected chi connectivity index (χ2v) is 6.39. The molecule has 3 aromatic rings. The van der Waals surface area contributed by atoms with E-state index in [4.69, 9.17) is 0 Å². The molecule has 26 heavy (non-hydrogen) atoms. The van der Waals surface area contributed by atoms with Crippen molar-refractivity contribution in [2.24, 2.45) is 0 Å². The number of rotatable bonds is 6. The molecule has 0 aliphatic heterocycles. The predicted molar refractivity (Wildman–Crippen MR) is 101 cm³/mol. The standard InChI is InChI=1S/C21H23N3O2/c1-15-11-16(2)24(23-15)13-17-7-9-18(10-8-17)21(26)22-12-19-5-3-4-6-20(19)14-25/h3-11,25H,12-14H2,1-2H3,(H,22,26). The van der Waals surface area contributed by atoms with Crippen LogP contribution in [0.2, 0.25) is 0 Å². The molecule has 1 aromatic heterocycles. The van der Waals surface area contributed by atoms with Crippen LogP contribution in [-0.4, -0.2) is 20.8 Å². The van der Waals surface area contributed by atoms with Crippen LogP contribution in [0.25, 0.3) is 0 Å². The zero-order valence-electron chi connectivity index (χ0n) is 15.1. The van der Waals surface area contributed by atoms with Crippen molar-refractivity contribution >= 4 is 5.91 Å². The summed E-state index contributed by atoms with van der Waals surface area (Å²) in [5.41, 5.74) is 5.58. The van der Waals surface area contributed by atoms with Crippen LogP contribution in [0.15, 0.2) is 54.6 Å². The van der Waals surface area contributed by atoms with Crippen LogP contribution in [0, 0.1) is 13.8 Å². The second-order valence-electron chi connectivity index (χ2n) is 6.39. The van der Waals surface area contributed by atoms with Crippen molar-refractivity contribution in [1.82, 2.24) is 15.1 Å². The summed E-state index contributed by atoms with van der Waals surface area (Å²) < 4.78 is 1.95. The minimum Gasteiger partial charge on any atom is -0.392 e. The van der Waals surface area contributed by atoms with Gasteiger partial charge in [-0.15, -0.1) is 0 Å². The molecular weight excluding hydrogens is 326 g/mol. The number of benzene rings is 2. The van der Waals surface area contributed by atoms with Crippen molar-refractivity contribution in [3.8, 4) is 0 Å². The first-order valence-electron chi connectivity index (χ1n) is 8.62. The average molecular weight is 349 g/mol. The maximum Gasteiger partial charge on any atom is 0.251 e. The summed E-state index contributed by atoms with van der Waals surface area (Å²) in [6.45, 7) is 5.06. The monoisotopic (exact) mass is 349 g/mol. The van der Waals surface area contributed by atoms with Crippen molar-refractivity contribution < 1.29 is 9.90 Å². The van der Waals surface area contributed by atoms with Crippen LogP contribution in [-0.2, 0) is 19.7 Å². The number of aromatic nitrogens is 2. The minimum atomic E-state index is -0.129. The van der Waals surface area contributed by atoms with Crippen LogP contribution in [0.4, 0.5) is 0 Å². The third kappa shape index (κ3) is 4.18. The molecule has 2 N–H and O–H groups in total. The van der Waals surface area contributed by atoms with Crippen molar-refractivity contribution in [2.75, 3.05) is 0 Å². The Hall–Kier alpha value is -2.92. The molecule has 1 heterocycles. The SMILES string of the molecule is Cc1cc(C)n(Cc2ccc(C(=O)NCc3ccccc3CO)cc2)n1. The summed E-state index contributed by atoms with van der Waals surface area (Å²) in [5, 5.41) is 16.7. The van der Waals surface area contributed by atoms with Gasteiger partial charge in [-0.2, -0.15) is 5.10 Å². The van der Waals surface area contributed by atoms with Crippen molar-refractivity contribution in [2.45, 2.75) is 33.5 Å². The van der Waals surface area contributed by atoms with Crippen LogP contribution in [0.5, 0.6) is 0 Å². The maximum atomic E-state index is 12.4. The molecule has 5 heteroatoms. The number of hydrogen-bond acceptors (Lipinski definition) is 3. The zero-order chi connectivity index (χ0) is 18.5. The van der Waals surface area contributed by atoms with Gasteiger partial charge in [0.25, 0.3) is 5.91 Å². The van der Waals surface area contributed by atoms with Gasteiger partial charge in [0.05, 0.1) is 18.8 Å². The van der Waals surface area contributed by atoms with E-state index in [-0.39, 0.29) is 12.5 Å². The molecule has 0 saturated carbocycles. The van der Waals surface area contributed by atoms with E-state index in [1.54, 1.807) is 0 Å². The molecule has 0 radical (unpaired) electrons. The minimum absolute atomic E-state index is 0.0347. The molecular formula is C21H23N3O2. The number of aliphatic hydroxyl groups excluding tert-OH is 1. The van der Waals surface area contributed by atoms with Gasteiger partial charge in [0.2, 0.25) is 0 Å². The molecule has 2 aromatic carbocycles. The largest absolute Gasteiger partial charge is 0.392 e. The molecule has 0 saturated heterocycles. The normalized spacial score (nSPS) is 10.7. The number of carbonyl (C=O) groups is 1. The molecule has 0 aliphatic rings. The summed E-state index contributed by atoms with van der Waals surface area (Å²) in [6, 6.07) is 17.1. The maximum absolute atomic E-state index is 12.4. The number of aryl methyl sites for hydroxylation is 2. The lowest BCUT2D eigenvalue weighted by atomic mass is 10.1. The van der Waals surface area contributed by atoms with Crippen LogP contribution >= 0.6 is 0 Å². The number of amides is 1. The highest BCUT2D eigenvalue weighted by atomic mass is 16.3. The van der Waals surface area contributed by atoms with Crippen molar-refractivity contribution in [3.63, 3.8) is 0 Å². The Kier molecular flexibility index (Phi) is 5.49. The Morgan fingerprint density at radius 2 is 1.77 bits per heavy atom. The van der Waals surface area contributed by atoms with E-state index in [0.717, 1.165) is 28.1 Å². The number of nitrogens with one attached hydrogen (secondary N) is 1. The molecule has 134 valence electrons. The van der Waals surface area contributed by atoms with Gasteiger partial charge in [0.1, 0.15) is 0 Å². The van der Waals surface area contributed by atoms with E-state index >= 15 is 0 Å². The molecule has 3 rings (SSSR count). The van der Waals surface area contributed by atoms with E-state index in [9.17, 15) is 9.90 Å². The number of aliphatic hydroxyl groups is 1. The van der Waals surface area contributed by atoms with E-state index in [1.165, 1.54) is 0 Å². The Balaban J connectivity index is 1.62. The Morgan fingerprint density at radius 1 is 1.08 bits per heavy atom. The van der Waals surface area contributed by atoms with Crippen LogP contribution in [0.1, 0.15) is 38.4 Å². The molecule has 0 bridgehead atoms. The lowest BCUT2D eigenvalue weighted by Gasteiger charge is -2.10. The molecule has 0 spiro atoms. The molecule has 1 amide bonds. The third-order valence-electron chi connectivity index (χ3n) is 4.38. The van der Waals surface area contributed by atoms with E-state index < -0.39 is 0 Å². The first-order chi connectivity index (χ1) is 12.6. The smallest absolute Gasteiger partial charge is 0.251 e. The first-order valence-corrected chi connectivity index (χ1v) is 8.62. The lowest BCUT2D eigenvalue weighted by Crippen LogP contribution is -2.23. The van der Waals surface area contributed by atoms with Gasteiger partial charge in [-0.05, 0) is 48.7 Å². The van der Waals surface area contributed by atoms with Gasteiger partial charge in [0.15, 0.2) is 0 Å². The lowest BCUT2D eigenvalue weighted by molar-refractivity contribution is 0.0950. The van der Waals surface area contributed by atoms with E-state index in [1.807, 2.05) is 73.1 Å². The highest BCUT2D eigenvalue weighted by Crippen LogP contribution is 2.11. The van der Waals surface area contributed by atoms with Gasteiger partial charge < -0.3 is 10.4 Å². The molecule has 0 fully saturated rings. The first kappa shape index (κ1) is 17.9. The average Bonchev–Trinajstić information content (AvgIpc) is 2.97. The summed E-state index contributed by atoms with van der Waals surface area (Å²) in [6.07, 6.45) is 0. The summed E-state index contributed by atoms with van der Waals surface area (Å²) >= 11 is 0. The predicted octanol–water partition coefficient (Wildman–Crippen LogP) is 2.97. The van der Waals surface area contributed by atoms with Gasteiger partial charge in [-0.25, -0.2) is 0 Å². The highest BCUT2D eigenvalue weighted by Gasteiger charge is 2.08. The Labute approximate surface area is 153 Å². The Morgan fingerprint density at radius 3 is 2.38 bits per heavy atom. The van der Waals surface area contributed by atoms with Gasteiger partial charge in [0, 0.05) is 17.8 Å². The zero-order valence-corrected chi connectivity index (χ0v) is 15.1.